The van der Waals surface area contributed by atoms with Crippen LogP contribution in [0.4, 0.5) is 17.1 Å². The van der Waals surface area contributed by atoms with Crippen molar-refractivity contribution in [2.24, 2.45) is 0 Å². The molecule has 0 N–H and O–H groups in total. The van der Waals surface area contributed by atoms with E-state index in [-0.39, 0.29) is 46.7 Å². The summed E-state index contributed by atoms with van der Waals surface area (Å²) in [6, 6.07) is 66.2. The van der Waals surface area contributed by atoms with Crippen LogP contribution in [0.5, 0.6) is 0 Å². The second-order valence-electron chi connectivity index (χ2n) is 16.2. The van der Waals surface area contributed by atoms with Gasteiger partial charge in [0.05, 0.1) is 11.0 Å². The van der Waals surface area contributed by atoms with E-state index in [1.54, 1.807) is 12.1 Å². The maximum atomic E-state index is 9.85. The molecule has 0 aromatic heterocycles. The van der Waals surface area contributed by atoms with Crippen molar-refractivity contribution in [3.63, 3.8) is 0 Å². The van der Waals surface area contributed by atoms with Crippen LogP contribution in [0, 0.1) is 0 Å². The lowest BCUT2D eigenvalue weighted by Gasteiger charge is -2.26. The van der Waals surface area contributed by atoms with E-state index in [0.717, 1.165) is 76.5 Å². The quantitative estimate of drug-likeness (QED) is 0.138. The predicted octanol–water partition coefficient (Wildman–Crippen LogP) is 18.1. The van der Waals surface area contributed by atoms with Crippen LogP contribution >= 0.6 is 0 Å². The van der Waals surface area contributed by atoms with Crippen molar-refractivity contribution in [3.05, 3.63) is 261 Å². The molecule has 12 rings (SSSR count). The average molecular weight is 834 g/mol. The summed E-state index contributed by atoms with van der Waals surface area (Å²) in [7, 11) is 0. The first-order valence-corrected chi connectivity index (χ1v) is 21.8. The highest BCUT2D eigenvalue weighted by Crippen LogP contribution is 2.42. The topological polar surface area (TPSA) is 3.24 Å². The Morgan fingerprint density at radius 3 is 1.46 bits per heavy atom. The fraction of sp³-hybridized carbons (Fsp3) is 0. The fourth-order valence-corrected chi connectivity index (χ4v) is 9.26. The van der Waals surface area contributed by atoms with Crippen LogP contribution in [0.25, 0.3) is 98.7 Å². The third kappa shape index (κ3) is 7.01. The third-order valence-corrected chi connectivity index (χ3v) is 12.4. The van der Waals surface area contributed by atoms with Gasteiger partial charge >= 0.3 is 0 Å². The Hall–Kier alpha value is -8.52. The van der Waals surface area contributed by atoms with Gasteiger partial charge < -0.3 is 4.90 Å². The molecule has 0 aliphatic heterocycles. The molecule has 0 saturated carbocycles. The van der Waals surface area contributed by atoms with Gasteiger partial charge in [-0.05, 0) is 141 Å². The van der Waals surface area contributed by atoms with Gasteiger partial charge in [0.25, 0.3) is 0 Å². The molecule has 0 bridgehead atoms. The molecule has 65 heavy (non-hydrogen) atoms. The highest BCUT2D eigenvalue weighted by molar-refractivity contribution is 6.14. The van der Waals surface area contributed by atoms with Crippen LogP contribution in [-0.2, 0) is 0 Å². The monoisotopic (exact) mass is 833 g/mol. The van der Waals surface area contributed by atoms with Gasteiger partial charge in [0.2, 0.25) is 0 Å². The molecule has 1 heteroatoms. The Balaban J connectivity index is 1.05. The molecule has 0 fully saturated rings. The predicted molar refractivity (Wildman–Crippen MR) is 278 cm³/mol. The van der Waals surface area contributed by atoms with Crippen molar-refractivity contribution in [1.82, 2.24) is 0 Å². The molecule has 0 unspecified atom stereocenters. The normalized spacial score (nSPS) is 13.1. The summed E-state index contributed by atoms with van der Waals surface area (Å²) in [4.78, 5) is 1.37. The summed E-state index contributed by atoms with van der Waals surface area (Å²) in [6.07, 6.45) is 0. The Morgan fingerprint density at radius 1 is 0.246 bits per heavy atom. The van der Waals surface area contributed by atoms with E-state index in [4.69, 9.17) is 0 Å². The molecule has 304 valence electrons. The van der Waals surface area contributed by atoms with Crippen molar-refractivity contribution < 1.29 is 11.0 Å². The van der Waals surface area contributed by atoms with E-state index in [9.17, 15) is 11.0 Å². The molecule has 0 saturated heterocycles. The van der Waals surface area contributed by atoms with E-state index < -0.39 is 24.2 Å². The molecule has 0 radical (unpaired) electrons. The van der Waals surface area contributed by atoms with Gasteiger partial charge in [0.15, 0.2) is 0 Å². The maximum absolute atomic E-state index is 9.85. The van der Waals surface area contributed by atoms with Gasteiger partial charge in [0.1, 0.15) is 0 Å². The van der Waals surface area contributed by atoms with Crippen LogP contribution in [0.1, 0.15) is 11.0 Å². The Bertz CT molecular complexity index is 4110. The van der Waals surface area contributed by atoms with Crippen molar-refractivity contribution in [2.45, 2.75) is 0 Å². The summed E-state index contributed by atoms with van der Waals surface area (Å²) in [5.41, 5.74) is 6.54. The third-order valence-electron chi connectivity index (χ3n) is 12.4. The second kappa shape index (κ2) is 16.3. The van der Waals surface area contributed by atoms with Crippen molar-refractivity contribution in [2.75, 3.05) is 4.90 Å². The number of nitrogens with zero attached hydrogens (tertiary/aromatic N) is 1. The molecular weight excluding hydrogens is 783 g/mol. The summed E-state index contributed by atoms with van der Waals surface area (Å²) < 4.78 is 77.8. The van der Waals surface area contributed by atoms with Crippen molar-refractivity contribution in [1.29, 1.82) is 0 Å². The minimum Gasteiger partial charge on any atom is -0.311 e. The molecule has 0 spiro atoms. The van der Waals surface area contributed by atoms with Crippen molar-refractivity contribution in [3.8, 4) is 55.6 Å². The SMILES string of the molecule is [2H]c1c([2H])c(N(c2ccc(-c3cc4ccccc4c4ccccc34)cc2)c2c([2H])c([2H])c(-c3ccc4ccccc4c3-c3ccccc3)c([2H])c2[2H])c([2H])c([2H])c1-c1ccc(-c2cccc3ccccc23)cc1. The maximum Gasteiger partial charge on any atom is 0.0645 e. The highest BCUT2D eigenvalue weighted by Gasteiger charge is 2.17. The first kappa shape index (κ1) is 30.5. The molecule has 0 amide bonds. The zero-order chi connectivity index (χ0) is 50.1. The Morgan fingerprint density at radius 2 is 0.754 bits per heavy atom. The Kier molecular flexibility index (Phi) is 7.66. The summed E-state index contributed by atoms with van der Waals surface area (Å²) in [6.45, 7) is 0. The minimum atomic E-state index is -0.405. The van der Waals surface area contributed by atoms with Gasteiger partial charge in [-0.3, -0.25) is 0 Å². The zero-order valence-corrected chi connectivity index (χ0v) is 35.2. The van der Waals surface area contributed by atoms with Crippen LogP contribution in [0.3, 0.4) is 0 Å². The molecule has 0 atom stereocenters. The number of rotatable bonds is 8. The summed E-state index contributed by atoms with van der Waals surface area (Å²) in [5, 5.41) is 8.37. The van der Waals surface area contributed by atoms with E-state index >= 15 is 0 Å². The lowest BCUT2D eigenvalue weighted by Crippen LogP contribution is -2.09. The molecule has 0 aliphatic rings. The number of hydrogen-bond donors (Lipinski definition) is 0. The van der Waals surface area contributed by atoms with Crippen LogP contribution < -0.4 is 4.90 Å². The first-order valence-electron chi connectivity index (χ1n) is 25.8. The van der Waals surface area contributed by atoms with E-state index in [0.29, 0.717) is 16.8 Å². The number of hydrogen-bond acceptors (Lipinski definition) is 1. The van der Waals surface area contributed by atoms with Gasteiger partial charge in [-0.15, -0.1) is 0 Å². The lowest BCUT2D eigenvalue weighted by molar-refractivity contribution is 1.28. The number of fused-ring (bicyclic) bond motifs is 5. The van der Waals surface area contributed by atoms with Gasteiger partial charge in [0, 0.05) is 17.1 Å². The summed E-state index contributed by atoms with van der Waals surface area (Å²) >= 11 is 0. The zero-order valence-electron chi connectivity index (χ0n) is 43.2. The molecule has 0 aliphatic carbocycles. The standard InChI is InChI=1S/C64H43N/c1-2-15-51(16-3-1)64-59-21-9-5-14-47(59)35-42-60(64)49-31-38-54(39-32-49)65(55-40-33-50(34-41-55)63-43-52-17-6-8-20-58(52)61-22-10-11-23-62(61)63)53-36-29-45(30-37-53)44-25-27-48(28-26-44)57-24-12-18-46-13-4-7-19-56(46)57/h1-43H/i29D,30D,31D,32D,36D,37D,38D,39D. The number of anilines is 3. The first-order chi connectivity index (χ1) is 35.6. The van der Waals surface area contributed by atoms with Crippen LogP contribution in [-0.4, -0.2) is 0 Å². The summed E-state index contributed by atoms with van der Waals surface area (Å²) in [5.74, 6) is 0. The average Bonchev–Trinajstić information content (AvgIpc) is 3.44. The minimum absolute atomic E-state index is 0.0985. The molecule has 1 nitrogen and oxygen atoms in total. The van der Waals surface area contributed by atoms with Gasteiger partial charge in [-0.25, -0.2) is 0 Å². The molecule has 12 aromatic carbocycles. The largest absolute Gasteiger partial charge is 0.311 e. The molecule has 0 heterocycles. The Labute approximate surface area is 391 Å². The van der Waals surface area contributed by atoms with Gasteiger partial charge in [-0.2, -0.15) is 0 Å². The smallest absolute Gasteiger partial charge is 0.0645 e. The molecule has 12 aromatic rings. The lowest BCUT2D eigenvalue weighted by atomic mass is 9.90. The highest BCUT2D eigenvalue weighted by atomic mass is 15.1. The van der Waals surface area contributed by atoms with Crippen LogP contribution in [0.15, 0.2) is 261 Å². The molecular formula is C64H43N. The van der Waals surface area contributed by atoms with E-state index in [2.05, 4.69) is 54.6 Å². The number of benzene rings is 12. The second-order valence-corrected chi connectivity index (χ2v) is 16.2. The van der Waals surface area contributed by atoms with Gasteiger partial charge in [-0.1, -0.05) is 218 Å². The fourth-order valence-electron chi connectivity index (χ4n) is 9.26. The van der Waals surface area contributed by atoms with E-state index in [1.807, 2.05) is 146 Å². The van der Waals surface area contributed by atoms with E-state index in [1.165, 1.54) is 4.90 Å². The van der Waals surface area contributed by atoms with Crippen molar-refractivity contribution >= 4 is 60.2 Å². The van der Waals surface area contributed by atoms with Crippen LogP contribution in [0.2, 0.25) is 0 Å².